The molecule has 0 atom stereocenters. The summed E-state index contributed by atoms with van der Waals surface area (Å²) in [6.45, 7) is 3.68. The second-order valence-electron chi connectivity index (χ2n) is 3.42. The van der Waals surface area contributed by atoms with Gasteiger partial charge in [-0.25, -0.2) is 0 Å². The summed E-state index contributed by atoms with van der Waals surface area (Å²) in [5.41, 5.74) is 1.44. The predicted octanol–water partition coefficient (Wildman–Crippen LogP) is 1.62. The average Bonchev–Trinajstić information content (AvgIpc) is 2.26. The van der Waals surface area contributed by atoms with E-state index in [4.69, 9.17) is 4.74 Å². The quantitative estimate of drug-likeness (QED) is 0.762. The molecule has 1 aromatic carbocycles. The molecule has 0 unspecified atom stereocenters. The van der Waals surface area contributed by atoms with Crippen LogP contribution in [0.4, 0.5) is 11.4 Å². The summed E-state index contributed by atoms with van der Waals surface area (Å²) in [6, 6.07) is 7.13. The van der Waals surface area contributed by atoms with Gasteiger partial charge in [-0.1, -0.05) is 6.07 Å². The lowest BCUT2D eigenvalue weighted by molar-refractivity contribution is -0.140. The molecule has 17 heavy (non-hydrogen) atoms. The molecular formula is C12H16N2O3. The highest BCUT2D eigenvalue weighted by Crippen LogP contribution is 2.14. The predicted molar refractivity (Wildman–Crippen MR) is 65.9 cm³/mol. The third-order valence-corrected chi connectivity index (χ3v) is 1.93. The Morgan fingerprint density at radius 1 is 1.29 bits per heavy atom. The summed E-state index contributed by atoms with van der Waals surface area (Å²) < 4.78 is 4.79. The molecule has 5 nitrogen and oxygen atoms in total. The highest BCUT2D eigenvalue weighted by molar-refractivity contribution is 5.89. The van der Waals surface area contributed by atoms with Gasteiger partial charge in [-0.15, -0.1) is 0 Å². The van der Waals surface area contributed by atoms with Crippen molar-refractivity contribution in [2.45, 2.75) is 13.8 Å². The lowest BCUT2D eigenvalue weighted by Gasteiger charge is -2.08. The first-order valence-corrected chi connectivity index (χ1v) is 5.39. The molecule has 0 radical (unpaired) electrons. The lowest BCUT2D eigenvalue weighted by atomic mass is 10.2. The average molecular weight is 236 g/mol. The summed E-state index contributed by atoms with van der Waals surface area (Å²) in [5.74, 6) is -0.440. The Kier molecular flexibility index (Phi) is 5.00. The third-order valence-electron chi connectivity index (χ3n) is 1.93. The van der Waals surface area contributed by atoms with Crippen molar-refractivity contribution in [1.29, 1.82) is 0 Å². The molecule has 0 saturated heterocycles. The second-order valence-corrected chi connectivity index (χ2v) is 3.42. The maximum Gasteiger partial charge on any atom is 0.325 e. The van der Waals surface area contributed by atoms with Gasteiger partial charge in [0.2, 0.25) is 5.91 Å². The van der Waals surface area contributed by atoms with Gasteiger partial charge in [-0.05, 0) is 25.1 Å². The standard InChI is InChI=1S/C12H16N2O3/c1-3-17-12(16)8-13-10-5-4-6-11(7-10)14-9(2)15/h4-7,13H,3,8H2,1-2H3,(H,14,15). The van der Waals surface area contributed by atoms with Crippen molar-refractivity contribution in [3.05, 3.63) is 24.3 Å². The minimum absolute atomic E-state index is 0.108. The minimum Gasteiger partial charge on any atom is -0.465 e. The molecule has 0 fully saturated rings. The Morgan fingerprint density at radius 3 is 2.65 bits per heavy atom. The van der Waals surface area contributed by atoms with Crippen LogP contribution in [0.3, 0.4) is 0 Å². The number of hydrogen-bond donors (Lipinski definition) is 2. The van der Waals surface area contributed by atoms with Gasteiger partial charge in [0, 0.05) is 18.3 Å². The molecule has 5 heteroatoms. The topological polar surface area (TPSA) is 67.4 Å². The SMILES string of the molecule is CCOC(=O)CNc1cccc(NC(C)=O)c1. The van der Waals surface area contributed by atoms with Crippen LogP contribution in [0.2, 0.25) is 0 Å². The van der Waals surface area contributed by atoms with Crippen molar-refractivity contribution in [2.75, 3.05) is 23.8 Å². The maximum absolute atomic E-state index is 11.1. The van der Waals surface area contributed by atoms with Crippen LogP contribution in [-0.4, -0.2) is 25.0 Å². The van der Waals surface area contributed by atoms with E-state index in [1.807, 2.05) is 6.07 Å². The van der Waals surface area contributed by atoms with E-state index in [0.717, 1.165) is 5.69 Å². The van der Waals surface area contributed by atoms with Crippen LogP contribution in [-0.2, 0) is 14.3 Å². The molecule has 1 amide bonds. The molecule has 1 aromatic rings. The first-order chi connectivity index (χ1) is 8.11. The van der Waals surface area contributed by atoms with Crippen molar-refractivity contribution in [3.8, 4) is 0 Å². The summed E-state index contributed by atoms with van der Waals surface area (Å²) in [4.78, 5) is 22.0. The number of anilines is 2. The highest BCUT2D eigenvalue weighted by Gasteiger charge is 2.02. The normalized spacial score (nSPS) is 9.53. The third kappa shape index (κ3) is 5.01. The van der Waals surface area contributed by atoms with E-state index in [9.17, 15) is 9.59 Å². The fraction of sp³-hybridized carbons (Fsp3) is 0.333. The van der Waals surface area contributed by atoms with Gasteiger partial charge in [-0.2, -0.15) is 0 Å². The van der Waals surface area contributed by atoms with Crippen molar-refractivity contribution >= 4 is 23.3 Å². The Hall–Kier alpha value is -2.04. The van der Waals surface area contributed by atoms with Gasteiger partial charge < -0.3 is 15.4 Å². The van der Waals surface area contributed by atoms with Gasteiger partial charge in [0.05, 0.1) is 6.61 Å². The Labute approximate surface area is 100 Å². The minimum atomic E-state index is -0.308. The molecule has 0 aliphatic rings. The molecule has 0 saturated carbocycles. The smallest absolute Gasteiger partial charge is 0.325 e. The zero-order valence-corrected chi connectivity index (χ0v) is 9.95. The van der Waals surface area contributed by atoms with E-state index in [0.29, 0.717) is 12.3 Å². The van der Waals surface area contributed by atoms with E-state index in [2.05, 4.69) is 10.6 Å². The largest absolute Gasteiger partial charge is 0.465 e. The summed E-state index contributed by atoms with van der Waals surface area (Å²) in [6.07, 6.45) is 0. The van der Waals surface area contributed by atoms with E-state index in [-0.39, 0.29) is 18.4 Å². The Balaban J connectivity index is 2.53. The van der Waals surface area contributed by atoms with Gasteiger partial charge in [0.1, 0.15) is 6.54 Å². The zero-order valence-electron chi connectivity index (χ0n) is 9.95. The van der Waals surface area contributed by atoms with Crippen molar-refractivity contribution in [2.24, 2.45) is 0 Å². The van der Waals surface area contributed by atoms with Crippen molar-refractivity contribution in [1.82, 2.24) is 0 Å². The molecule has 0 spiro atoms. The summed E-state index contributed by atoms with van der Waals surface area (Å²) >= 11 is 0. The first kappa shape index (κ1) is 13.0. The highest BCUT2D eigenvalue weighted by atomic mass is 16.5. The number of nitrogens with one attached hydrogen (secondary N) is 2. The van der Waals surface area contributed by atoms with Crippen LogP contribution in [0.1, 0.15) is 13.8 Å². The van der Waals surface area contributed by atoms with Gasteiger partial charge in [-0.3, -0.25) is 9.59 Å². The number of benzene rings is 1. The molecule has 0 bridgehead atoms. The maximum atomic E-state index is 11.1. The molecule has 0 aromatic heterocycles. The number of carbonyl (C=O) groups is 2. The van der Waals surface area contributed by atoms with Crippen molar-refractivity contribution in [3.63, 3.8) is 0 Å². The lowest BCUT2D eigenvalue weighted by Crippen LogP contribution is -2.16. The van der Waals surface area contributed by atoms with E-state index in [1.54, 1.807) is 25.1 Å². The molecule has 1 rings (SSSR count). The molecule has 2 N–H and O–H groups in total. The number of amides is 1. The Bertz CT molecular complexity index is 404. The number of esters is 1. The van der Waals surface area contributed by atoms with Crippen molar-refractivity contribution < 1.29 is 14.3 Å². The zero-order chi connectivity index (χ0) is 12.7. The molecular weight excluding hydrogens is 220 g/mol. The second kappa shape index (κ2) is 6.52. The number of carbonyl (C=O) groups excluding carboxylic acids is 2. The van der Waals surface area contributed by atoms with E-state index in [1.165, 1.54) is 6.92 Å². The molecule has 0 aliphatic carbocycles. The monoisotopic (exact) mass is 236 g/mol. The summed E-state index contributed by atoms with van der Waals surface area (Å²) in [5, 5.41) is 5.58. The van der Waals surface area contributed by atoms with Gasteiger partial charge in [0.15, 0.2) is 0 Å². The van der Waals surface area contributed by atoms with Gasteiger partial charge in [0.25, 0.3) is 0 Å². The molecule has 0 heterocycles. The summed E-state index contributed by atoms with van der Waals surface area (Å²) in [7, 11) is 0. The van der Waals surface area contributed by atoms with Crippen LogP contribution < -0.4 is 10.6 Å². The van der Waals surface area contributed by atoms with Crippen LogP contribution in [0, 0.1) is 0 Å². The molecule has 0 aliphatic heterocycles. The number of rotatable bonds is 5. The van der Waals surface area contributed by atoms with Crippen LogP contribution >= 0.6 is 0 Å². The first-order valence-electron chi connectivity index (χ1n) is 5.39. The fourth-order valence-corrected chi connectivity index (χ4v) is 1.30. The number of hydrogen-bond acceptors (Lipinski definition) is 4. The fourth-order valence-electron chi connectivity index (χ4n) is 1.30. The van der Waals surface area contributed by atoms with E-state index < -0.39 is 0 Å². The van der Waals surface area contributed by atoms with Crippen LogP contribution in [0.5, 0.6) is 0 Å². The van der Waals surface area contributed by atoms with Gasteiger partial charge >= 0.3 is 5.97 Å². The number of ether oxygens (including phenoxy) is 1. The molecule has 92 valence electrons. The van der Waals surface area contributed by atoms with E-state index >= 15 is 0 Å². The Morgan fingerprint density at radius 2 is 2.00 bits per heavy atom. The van der Waals surface area contributed by atoms with Crippen LogP contribution in [0.15, 0.2) is 24.3 Å². The van der Waals surface area contributed by atoms with Crippen LogP contribution in [0.25, 0.3) is 0 Å².